The Morgan fingerprint density at radius 2 is 2.05 bits per heavy atom. The van der Waals surface area contributed by atoms with Gasteiger partial charge in [0.1, 0.15) is 17.7 Å². The summed E-state index contributed by atoms with van der Waals surface area (Å²) < 4.78 is 0. The van der Waals surface area contributed by atoms with Crippen molar-refractivity contribution in [1.82, 2.24) is 19.9 Å². The number of H-pyrrole nitrogens is 1. The lowest BCUT2D eigenvalue weighted by molar-refractivity contribution is -0.115. The summed E-state index contributed by atoms with van der Waals surface area (Å²) in [5.74, 6) is 1.06. The van der Waals surface area contributed by atoms with Crippen LogP contribution in [0.2, 0.25) is 0 Å². The zero-order chi connectivity index (χ0) is 13.9. The molecule has 0 fully saturated rings. The van der Waals surface area contributed by atoms with E-state index in [0.717, 1.165) is 5.56 Å². The molecule has 0 unspecified atom stereocenters. The number of anilines is 1. The Balaban J connectivity index is 2.07. The highest BCUT2D eigenvalue weighted by molar-refractivity contribution is 5.97. The van der Waals surface area contributed by atoms with Crippen molar-refractivity contribution in [2.45, 2.75) is 13.3 Å². The summed E-state index contributed by atoms with van der Waals surface area (Å²) in [7, 11) is 0. The number of amides is 1. The highest BCUT2D eigenvalue weighted by atomic mass is 16.1. The second kappa shape index (κ2) is 5.08. The molecule has 0 spiro atoms. The van der Waals surface area contributed by atoms with Crippen molar-refractivity contribution in [3.63, 3.8) is 0 Å². The normalized spacial score (nSPS) is 10.7. The van der Waals surface area contributed by atoms with Gasteiger partial charge in [-0.1, -0.05) is 37.3 Å². The predicted molar refractivity (Wildman–Crippen MR) is 76.0 cm³/mol. The molecular weight excluding hydrogens is 254 g/mol. The van der Waals surface area contributed by atoms with Crippen LogP contribution in [-0.2, 0) is 4.79 Å². The standard InChI is InChI=1S/C14H13N5O/c1-2-10(20)17-13-11-14(16-8-15-13)19-12(18-11)9-6-4-3-5-7-9/h3-8H,2H2,1H3,(H2,15,16,17,18,19,20). The third-order valence-corrected chi connectivity index (χ3v) is 2.91. The van der Waals surface area contributed by atoms with Crippen LogP contribution in [0, 0.1) is 0 Å². The van der Waals surface area contributed by atoms with Gasteiger partial charge < -0.3 is 10.3 Å². The number of aromatic nitrogens is 4. The van der Waals surface area contributed by atoms with Gasteiger partial charge in [0.2, 0.25) is 5.91 Å². The Kier molecular flexibility index (Phi) is 3.12. The van der Waals surface area contributed by atoms with Gasteiger partial charge in [0.05, 0.1) is 0 Å². The minimum Gasteiger partial charge on any atom is -0.334 e. The number of nitrogens with one attached hydrogen (secondary N) is 2. The van der Waals surface area contributed by atoms with Crippen molar-refractivity contribution in [3.05, 3.63) is 36.7 Å². The molecule has 1 amide bonds. The molecule has 0 aliphatic heterocycles. The van der Waals surface area contributed by atoms with E-state index in [1.54, 1.807) is 6.92 Å². The lowest BCUT2D eigenvalue weighted by atomic mass is 10.2. The molecule has 2 N–H and O–H groups in total. The zero-order valence-electron chi connectivity index (χ0n) is 10.9. The Morgan fingerprint density at radius 3 is 2.80 bits per heavy atom. The van der Waals surface area contributed by atoms with Gasteiger partial charge in [-0.25, -0.2) is 15.0 Å². The van der Waals surface area contributed by atoms with Crippen LogP contribution in [0.1, 0.15) is 13.3 Å². The molecule has 1 aromatic carbocycles. The van der Waals surface area contributed by atoms with Crippen LogP contribution in [0.3, 0.4) is 0 Å². The smallest absolute Gasteiger partial charge is 0.225 e. The summed E-state index contributed by atoms with van der Waals surface area (Å²) in [6.45, 7) is 1.79. The monoisotopic (exact) mass is 267 g/mol. The Hall–Kier alpha value is -2.76. The Bertz CT molecular complexity index is 751. The molecule has 0 aliphatic rings. The minimum atomic E-state index is -0.0964. The maximum atomic E-state index is 11.5. The van der Waals surface area contributed by atoms with Crippen molar-refractivity contribution >= 4 is 22.9 Å². The summed E-state index contributed by atoms with van der Waals surface area (Å²) >= 11 is 0. The number of benzene rings is 1. The van der Waals surface area contributed by atoms with E-state index in [2.05, 4.69) is 25.3 Å². The van der Waals surface area contributed by atoms with Crippen LogP contribution in [0.5, 0.6) is 0 Å². The van der Waals surface area contributed by atoms with Gasteiger partial charge in [0.15, 0.2) is 11.5 Å². The first-order valence-electron chi connectivity index (χ1n) is 6.34. The van der Waals surface area contributed by atoms with Crippen LogP contribution in [0.25, 0.3) is 22.6 Å². The molecule has 6 heteroatoms. The number of carbonyl (C=O) groups excluding carboxylic acids is 1. The number of nitrogens with zero attached hydrogens (tertiary/aromatic N) is 3. The zero-order valence-corrected chi connectivity index (χ0v) is 10.9. The SMILES string of the molecule is CCC(=O)Nc1ncnc2nc(-c3ccccc3)[nH]c12. The summed E-state index contributed by atoms with van der Waals surface area (Å²) in [5.41, 5.74) is 2.12. The number of rotatable bonds is 3. The quantitative estimate of drug-likeness (QED) is 0.763. The van der Waals surface area contributed by atoms with Crippen molar-refractivity contribution in [2.75, 3.05) is 5.32 Å². The molecule has 3 rings (SSSR count). The Morgan fingerprint density at radius 1 is 1.25 bits per heavy atom. The van der Waals surface area contributed by atoms with Gasteiger partial charge in [-0.3, -0.25) is 4.79 Å². The molecule has 6 nitrogen and oxygen atoms in total. The summed E-state index contributed by atoms with van der Waals surface area (Å²) in [5, 5.41) is 2.74. The first kappa shape index (κ1) is 12.3. The predicted octanol–water partition coefficient (Wildman–Crippen LogP) is 2.37. The van der Waals surface area contributed by atoms with Crippen molar-refractivity contribution < 1.29 is 4.79 Å². The molecule has 0 saturated heterocycles. The number of aromatic amines is 1. The molecule has 20 heavy (non-hydrogen) atoms. The van der Waals surface area contributed by atoms with E-state index in [9.17, 15) is 4.79 Å². The van der Waals surface area contributed by atoms with E-state index in [-0.39, 0.29) is 5.91 Å². The van der Waals surface area contributed by atoms with E-state index < -0.39 is 0 Å². The van der Waals surface area contributed by atoms with Crippen LogP contribution < -0.4 is 5.32 Å². The maximum absolute atomic E-state index is 11.5. The van der Waals surface area contributed by atoms with Gasteiger partial charge in [0.25, 0.3) is 0 Å². The average Bonchev–Trinajstić information content (AvgIpc) is 2.93. The van der Waals surface area contributed by atoms with E-state index in [0.29, 0.717) is 29.2 Å². The Labute approximate surface area is 115 Å². The lowest BCUT2D eigenvalue weighted by Gasteiger charge is -2.01. The molecule has 0 radical (unpaired) electrons. The average molecular weight is 267 g/mol. The number of fused-ring (bicyclic) bond motifs is 1. The number of imidazole rings is 1. The molecule has 0 atom stereocenters. The first-order chi connectivity index (χ1) is 9.78. The fraction of sp³-hybridized carbons (Fsp3) is 0.143. The van der Waals surface area contributed by atoms with Gasteiger partial charge in [-0.05, 0) is 0 Å². The van der Waals surface area contributed by atoms with Gasteiger partial charge >= 0.3 is 0 Å². The highest BCUT2D eigenvalue weighted by Gasteiger charge is 2.12. The van der Waals surface area contributed by atoms with Gasteiger partial charge in [-0.2, -0.15) is 0 Å². The van der Waals surface area contributed by atoms with Crippen LogP contribution in [0.15, 0.2) is 36.7 Å². The molecule has 2 heterocycles. The molecule has 2 aromatic heterocycles. The summed E-state index contributed by atoms with van der Waals surface area (Å²) in [6.07, 6.45) is 1.79. The van der Waals surface area contributed by atoms with E-state index in [1.165, 1.54) is 6.33 Å². The largest absolute Gasteiger partial charge is 0.334 e. The van der Waals surface area contributed by atoms with Gasteiger partial charge in [-0.15, -0.1) is 0 Å². The van der Waals surface area contributed by atoms with Crippen molar-refractivity contribution in [1.29, 1.82) is 0 Å². The minimum absolute atomic E-state index is 0.0964. The summed E-state index contributed by atoms with van der Waals surface area (Å²) in [6, 6.07) is 9.73. The van der Waals surface area contributed by atoms with Gasteiger partial charge in [0, 0.05) is 12.0 Å². The molecule has 0 saturated carbocycles. The van der Waals surface area contributed by atoms with Crippen molar-refractivity contribution in [2.24, 2.45) is 0 Å². The number of hydrogen-bond donors (Lipinski definition) is 2. The van der Waals surface area contributed by atoms with Crippen LogP contribution in [0.4, 0.5) is 5.82 Å². The third-order valence-electron chi connectivity index (χ3n) is 2.91. The van der Waals surface area contributed by atoms with Crippen LogP contribution in [-0.4, -0.2) is 25.8 Å². The molecular formula is C14H13N5O. The maximum Gasteiger partial charge on any atom is 0.225 e. The highest BCUT2D eigenvalue weighted by Crippen LogP contribution is 2.22. The fourth-order valence-corrected chi connectivity index (χ4v) is 1.88. The topological polar surface area (TPSA) is 83.6 Å². The van der Waals surface area contributed by atoms with E-state index in [1.807, 2.05) is 30.3 Å². The molecule has 100 valence electrons. The van der Waals surface area contributed by atoms with Crippen molar-refractivity contribution in [3.8, 4) is 11.4 Å². The second-order valence-corrected chi connectivity index (χ2v) is 4.27. The summed E-state index contributed by atoms with van der Waals surface area (Å²) in [4.78, 5) is 27.3. The fourth-order valence-electron chi connectivity index (χ4n) is 1.88. The molecule has 0 bridgehead atoms. The number of carbonyl (C=O) groups is 1. The number of hydrogen-bond acceptors (Lipinski definition) is 4. The molecule has 0 aliphatic carbocycles. The van der Waals surface area contributed by atoms with E-state index in [4.69, 9.17) is 0 Å². The first-order valence-corrected chi connectivity index (χ1v) is 6.34. The van der Waals surface area contributed by atoms with E-state index >= 15 is 0 Å². The molecule has 3 aromatic rings. The second-order valence-electron chi connectivity index (χ2n) is 4.27. The third kappa shape index (κ3) is 2.23. The lowest BCUT2D eigenvalue weighted by Crippen LogP contribution is -2.11. The van der Waals surface area contributed by atoms with Crippen LogP contribution >= 0.6 is 0 Å².